The van der Waals surface area contributed by atoms with E-state index in [1.807, 2.05) is 55.4 Å². The molecule has 0 radical (unpaired) electrons. The Labute approximate surface area is 123 Å². The van der Waals surface area contributed by atoms with E-state index in [0.717, 1.165) is 12.0 Å². The van der Waals surface area contributed by atoms with Crippen molar-refractivity contribution in [3.8, 4) is 0 Å². The molecule has 0 aromatic rings. The molecule has 20 heavy (non-hydrogen) atoms. The molecule has 0 fully saturated rings. The van der Waals surface area contributed by atoms with Crippen LogP contribution in [0.1, 0.15) is 61.8 Å². The summed E-state index contributed by atoms with van der Waals surface area (Å²) in [5, 5.41) is 10.2. The van der Waals surface area contributed by atoms with Crippen LogP contribution >= 0.6 is 0 Å². The smallest absolute Gasteiger partial charge is 0.410 e. The number of carbonyl (C=O) groups is 1. The minimum Gasteiger partial charge on any atom is -0.508 e. The predicted molar refractivity (Wildman–Crippen MR) is 82.8 cm³/mol. The Kier molecular flexibility index (Phi) is 7.69. The van der Waals surface area contributed by atoms with Gasteiger partial charge in [-0.1, -0.05) is 20.8 Å². The average molecular weight is 285 g/mol. The summed E-state index contributed by atoms with van der Waals surface area (Å²) in [6.45, 7) is 15.5. The highest BCUT2D eigenvalue weighted by Gasteiger charge is 2.29. The Bertz CT molecular complexity index is 338. The molecule has 0 saturated heterocycles. The van der Waals surface area contributed by atoms with E-state index in [0.29, 0.717) is 0 Å². The molecule has 0 aromatic carbocycles. The molecular weight excluding hydrogens is 254 g/mol. The summed E-state index contributed by atoms with van der Waals surface area (Å²) in [7, 11) is 0. The maximum absolute atomic E-state index is 12.3. The summed E-state index contributed by atoms with van der Waals surface area (Å²) < 4.78 is 5.56. The van der Waals surface area contributed by atoms with Crippen LogP contribution in [-0.4, -0.2) is 34.3 Å². The molecule has 0 rings (SSSR count). The fraction of sp³-hybridized carbons (Fsp3) is 0.812. The number of rotatable bonds is 6. The minimum absolute atomic E-state index is 0.0293. The number of allylic oxidation sites excluding steroid dienone is 1. The number of hydrogen-bond donors (Lipinski definition) is 1. The number of ether oxygens (including phenoxy) is 1. The molecule has 0 aliphatic rings. The molecule has 0 aliphatic heterocycles. The topological polar surface area (TPSA) is 49.8 Å². The van der Waals surface area contributed by atoms with Crippen LogP contribution in [0.15, 0.2) is 11.3 Å². The lowest BCUT2D eigenvalue weighted by Gasteiger charge is -2.32. The molecule has 1 amide bonds. The zero-order chi connectivity index (χ0) is 16.0. The van der Waals surface area contributed by atoms with Gasteiger partial charge in [-0.15, -0.1) is 0 Å². The number of nitrogens with zero attached hydrogens (tertiary/aromatic N) is 1. The van der Waals surface area contributed by atoms with Crippen molar-refractivity contribution in [2.75, 3.05) is 0 Å². The van der Waals surface area contributed by atoms with Gasteiger partial charge in [-0.3, -0.25) is 0 Å². The monoisotopic (exact) mass is 285 g/mol. The normalized spacial score (nSPS) is 14.6. The van der Waals surface area contributed by atoms with Gasteiger partial charge in [0.1, 0.15) is 5.76 Å². The highest BCUT2D eigenvalue weighted by Crippen LogP contribution is 2.21. The molecule has 1 N–H and O–H groups in total. The van der Waals surface area contributed by atoms with Crippen LogP contribution in [0.3, 0.4) is 0 Å². The van der Waals surface area contributed by atoms with Crippen molar-refractivity contribution in [3.05, 3.63) is 11.3 Å². The molecule has 0 saturated carbocycles. The third kappa shape index (κ3) is 5.06. The van der Waals surface area contributed by atoms with Gasteiger partial charge in [0.15, 0.2) is 6.10 Å². The fourth-order valence-corrected chi connectivity index (χ4v) is 2.12. The van der Waals surface area contributed by atoms with Gasteiger partial charge in [0.2, 0.25) is 0 Å². The van der Waals surface area contributed by atoms with Crippen molar-refractivity contribution in [3.63, 3.8) is 0 Å². The molecule has 0 unspecified atom stereocenters. The molecule has 0 aromatic heterocycles. The highest BCUT2D eigenvalue weighted by atomic mass is 16.6. The van der Waals surface area contributed by atoms with Crippen molar-refractivity contribution < 1.29 is 14.6 Å². The maximum atomic E-state index is 12.3. The first-order valence-electron chi connectivity index (χ1n) is 7.50. The van der Waals surface area contributed by atoms with Gasteiger partial charge >= 0.3 is 6.09 Å². The molecule has 0 heterocycles. The van der Waals surface area contributed by atoms with Crippen molar-refractivity contribution in [1.82, 2.24) is 4.90 Å². The van der Waals surface area contributed by atoms with Gasteiger partial charge < -0.3 is 14.7 Å². The number of aliphatic hydroxyl groups excluding tert-OH is 1. The lowest BCUT2D eigenvalue weighted by molar-refractivity contribution is 0.0250. The van der Waals surface area contributed by atoms with Gasteiger partial charge in [-0.25, -0.2) is 4.79 Å². The zero-order valence-electron chi connectivity index (χ0n) is 14.2. The summed E-state index contributed by atoms with van der Waals surface area (Å²) in [6, 6.07) is 0.127. The minimum atomic E-state index is -0.581. The lowest BCUT2D eigenvalue weighted by atomic mass is 10.0. The molecule has 0 bridgehead atoms. The second-order valence-electron chi connectivity index (χ2n) is 6.16. The van der Waals surface area contributed by atoms with Gasteiger partial charge in [-0.05, 0) is 52.5 Å². The number of carbonyl (C=O) groups excluding carboxylic acids is 1. The van der Waals surface area contributed by atoms with Crippen LogP contribution in [-0.2, 0) is 4.74 Å². The predicted octanol–water partition coefficient (Wildman–Crippen LogP) is 4.51. The molecule has 0 spiro atoms. The lowest BCUT2D eigenvalue weighted by Crippen LogP contribution is -2.44. The average Bonchev–Trinajstić information content (AvgIpc) is 2.32. The van der Waals surface area contributed by atoms with Gasteiger partial charge in [-0.2, -0.15) is 0 Å². The Morgan fingerprint density at radius 1 is 1.10 bits per heavy atom. The number of aliphatic hydroxyl groups is 1. The summed E-state index contributed by atoms with van der Waals surface area (Å²) in [5.74, 6) is 0.213. The van der Waals surface area contributed by atoms with E-state index in [1.165, 1.54) is 0 Å². The highest BCUT2D eigenvalue weighted by molar-refractivity contribution is 5.68. The van der Waals surface area contributed by atoms with Crippen LogP contribution in [0.2, 0.25) is 0 Å². The summed E-state index contributed by atoms with van der Waals surface area (Å²) in [4.78, 5) is 14.0. The Morgan fingerprint density at radius 2 is 1.55 bits per heavy atom. The van der Waals surface area contributed by atoms with Crippen molar-refractivity contribution in [2.45, 2.75) is 80.0 Å². The zero-order valence-corrected chi connectivity index (χ0v) is 14.2. The fourth-order valence-electron chi connectivity index (χ4n) is 2.12. The van der Waals surface area contributed by atoms with Gasteiger partial charge in [0, 0.05) is 12.1 Å². The molecule has 0 aliphatic carbocycles. The van der Waals surface area contributed by atoms with E-state index < -0.39 is 6.10 Å². The second kappa shape index (κ2) is 8.18. The first kappa shape index (κ1) is 18.8. The molecule has 118 valence electrons. The quantitative estimate of drug-likeness (QED) is 0.730. The van der Waals surface area contributed by atoms with Gasteiger partial charge in [0.25, 0.3) is 0 Å². The van der Waals surface area contributed by atoms with Crippen molar-refractivity contribution >= 4 is 6.09 Å². The van der Waals surface area contributed by atoms with E-state index in [1.54, 1.807) is 4.90 Å². The summed E-state index contributed by atoms with van der Waals surface area (Å²) in [6.07, 6.45) is -0.211. The molecule has 1 atom stereocenters. The van der Waals surface area contributed by atoms with Crippen LogP contribution in [0, 0.1) is 5.92 Å². The van der Waals surface area contributed by atoms with E-state index in [4.69, 9.17) is 4.74 Å². The third-order valence-corrected chi connectivity index (χ3v) is 3.39. The Hall–Kier alpha value is -1.19. The van der Waals surface area contributed by atoms with Gasteiger partial charge in [0.05, 0.1) is 0 Å². The largest absolute Gasteiger partial charge is 0.508 e. The summed E-state index contributed by atoms with van der Waals surface area (Å²) >= 11 is 0. The van der Waals surface area contributed by atoms with Crippen molar-refractivity contribution in [1.29, 1.82) is 0 Å². The number of hydrogen-bond acceptors (Lipinski definition) is 3. The first-order valence-corrected chi connectivity index (χ1v) is 7.50. The summed E-state index contributed by atoms with van der Waals surface area (Å²) in [5.41, 5.74) is 0.858. The van der Waals surface area contributed by atoms with E-state index in [2.05, 4.69) is 0 Å². The second-order valence-corrected chi connectivity index (χ2v) is 6.16. The van der Waals surface area contributed by atoms with Crippen LogP contribution in [0.4, 0.5) is 4.79 Å². The molecule has 4 heteroatoms. The maximum Gasteiger partial charge on any atom is 0.410 e. The SMILES string of the molecule is CC/C(C)=C(\O)[C@H](OC(=O)N(C(C)C)C(C)C)C(C)C. The van der Waals surface area contributed by atoms with E-state index >= 15 is 0 Å². The Balaban J connectivity index is 5.16. The van der Waals surface area contributed by atoms with Crippen LogP contribution in [0.5, 0.6) is 0 Å². The standard InChI is InChI=1S/C16H31NO3/c1-9-13(8)14(18)15(10(2)3)20-16(19)17(11(4)5)12(6)7/h10-12,15,18H,9H2,1-8H3/b14-13-/t15-/m1/s1. The number of amides is 1. The first-order chi connectivity index (χ1) is 9.13. The van der Waals surface area contributed by atoms with Crippen LogP contribution < -0.4 is 0 Å². The van der Waals surface area contributed by atoms with Crippen molar-refractivity contribution in [2.24, 2.45) is 5.92 Å². The van der Waals surface area contributed by atoms with Crippen LogP contribution in [0.25, 0.3) is 0 Å². The molecular formula is C16H31NO3. The Morgan fingerprint density at radius 3 is 1.85 bits per heavy atom. The van der Waals surface area contributed by atoms with E-state index in [9.17, 15) is 9.90 Å². The third-order valence-electron chi connectivity index (χ3n) is 3.39. The molecule has 4 nitrogen and oxygen atoms in total. The van der Waals surface area contributed by atoms with E-state index in [-0.39, 0.29) is 29.9 Å².